The zero-order valence-corrected chi connectivity index (χ0v) is 9.32. The van der Waals surface area contributed by atoms with Gasteiger partial charge in [0.2, 0.25) is 5.91 Å². The Labute approximate surface area is 94.1 Å². The number of hydrogen-bond acceptors (Lipinski definition) is 4. The molecule has 2 aliphatic heterocycles. The van der Waals surface area contributed by atoms with Gasteiger partial charge in [-0.1, -0.05) is 0 Å². The molecular weight excluding hydrogens is 211 g/mol. The number of nitrogens with one attached hydrogen (secondary N) is 1. The van der Waals surface area contributed by atoms with Gasteiger partial charge in [-0.25, -0.2) is 4.39 Å². The largest absolute Gasteiger partial charge is 0.387 e. The first kappa shape index (κ1) is 11.3. The Balaban J connectivity index is 2.09. The Bertz CT molecular complexity index is 320. The number of halogens is 1. The van der Waals surface area contributed by atoms with E-state index in [0.717, 1.165) is 0 Å². The van der Waals surface area contributed by atoms with Gasteiger partial charge in [0.15, 0.2) is 0 Å². The summed E-state index contributed by atoms with van der Waals surface area (Å²) in [5, 5.41) is 2.79. The summed E-state index contributed by atoms with van der Waals surface area (Å²) in [4.78, 5) is 15.0. The van der Waals surface area contributed by atoms with Crippen molar-refractivity contribution in [2.24, 2.45) is 5.73 Å². The monoisotopic (exact) mass is 228 g/mol. The number of rotatable bonds is 1. The highest BCUT2D eigenvalue weighted by Gasteiger charge is 2.35. The number of piperazine rings is 1. The number of nitrogens with zero attached hydrogens (tertiary/aromatic N) is 2. The fraction of sp³-hybridized carbons (Fsp3) is 0.700. The first-order chi connectivity index (χ1) is 7.59. The highest BCUT2D eigenvalue weighted by Crippen LogP contribution is 2.19. The summed E-state index contributed by atoms with van der Waals surface area (Å²) in [5.74, 6) is -0.263. The van der Waals surface area contributed by atoms with E-state index in [0.29, 0.717) is 19.6 Å². The van der Waals surface area contributed by atoms with Gasteiger partial charge in [0.05, 0.1) is 12.6 Å². The number of hydrogen-bond donors (Lipinski definition) is 2. The van der Waals surface area contributed by atoms with Crippen LogP contribution in [-0.2, 0) is 4.79 Å². The number of carbonyl (C=O) groups is 1. The van der Waals surface area contributed by atoms with Crippen molar-refractivity contribution in [3.8, 4) is 0 Å². The third kappa shape index (κ3) is 2.03. The molecule has 6 heteroatoms. The molecule has 0 aromatic carbocycles. The van der Waals surface area contributed by atoms with Crippen LogP contribution in [0.25, 0.3) is 0 Å². The molecule has 2 aliphatic rings. The van der Waals surface area contributed by atoms with Crippen LogP contribution in [0, 0.1) is 0 Å². The summed E-state index contributed by atoms with van der Waals surface area (Å²) in [6.07, 6.45) is 1.34. The van der Waals surface area contributed by atoms with Gasteiger partial charge in [-0.15, -0.1) is 0 Å². The third-order valence-electron chi connectivity index (χ3n) is 3.16. The molecule has 2 rings (SSSR count). The van der Waals surface area contributed by atoms with Crippen LogP contribution in [0.5, 0.6) is 0 Å². The Morgan fingerprint density at radius 2 is 2.31 bits per heavy atom. The zero-order valence-electron chi connectivity index (χ0n) is 9.32. The van der Waals surface area contributed by atoms with Gasteiger partial charge in [0.25, 0.3) is 0 Å². The molecule has 0 bridgehead atoms. The molecule has 5 nitrogen and oxygen atoms in total. The van der Waals surface area contributed by atoms with Crippen LogP contribution >= 0.6 is 0 Å². The summed E-state index contributed by atoms with van der Waals surface area (Å²) in [5.41, 5.74) is 5.87. The van der Waals surface area contributed by atoms with Crippen molar-refractivity contribution < 1.29 is 9.18 Å². The van der Waals surface area contributed by atoms with Crippen molar-refractivity contribution in [3.05, 3.63) is 12.0 Å². The number of amides is 1. The van der Waals surface area contributed by atoms with E-state index >= 15 is 0 Å². The van der Waals surface area contributed by atoms with Crippen molar-refractivity contribution in [1.29, 1.82) is 0 Å². The summed E-state index contributed by atoms with van der Waals surface area (Å²) < 4.78 is 13.7. The van der Waals surface area contributed by atoms with Crippen LogP contribution in [0.4, 0.5) is 4.39 Å². The Morgan fingerprint density at radius 3 is 2.94 bits per heavy atom. The Hall–Kier alpha value is -1.14. The number of likely N-dealkylation sites (N-methyl/N-ethyl adjacent to an activating group) is 1. The van der Waals surface area contributed by atoms with Gasteiger partial charge in [0.1, 0.15) is 5.83 Å². The van der Waals surface area contributed by atoms with E-state index in [9.17, 15) is 9.18 Å². The lowest BCUT2D eigenvalue weighted by Gasteiger charge is -2.40. The van der Waals surface area contributed by atoms with E-state index in [1.54, 1.807) is 11.9 Å². The lowest BCUT2D eigenvalue weighted by Crippen LogP contribution is -2.60. The molecule has 0 saturated carbocycles. The highest BCUT2D eigenvalue weighted by atomic mass is 19.1. The molecule has 16 heavy (non-hydrogen) atoms. The Kier molecular flexibility index (Phi) is 3.11. The number of nitrogens with two attached hydrogens (primary N) is 1. The highest BCUT2D eigenvalue weighted by molar-refractivity contribution is 5.78. The quantitative estimate of drug-likeness (QED) is 0.596. The van der Waals surface area contributed by atoms with E-state index in [1.165, 1.54) is 6.20 Å². The van der Waals surface area contributed by atoms with Crippen molar-refractivity contribution in [2.45, 2.75) is 12.1 Å². The molecule has 2 heterocycles. The molecule has 0 radical (unpaired) electrons. The predicted octanol–water partition coefficient (Wildman–Crippen LogP) is -1.13. The first-order valence-electron chi connectivity index (χ1n) is 5.42. The van der Waals surface area contributed by atoms with Crippen LogP contribution < -0.4 is 11.1 Å². The van der Waals surface area contributed by atoms with Crippen LogP contribution in [0.3, 0.4) is 0 Å². The second kappa shape index (κ2) is 4.39. The lowest BCUT2D eigenvalue weighted by molar-refractivity contribution is -0.135. The maximum absolute atomic E-state index is 13.7. The molecule has 0 aromatic heterocycles. The average molecular weight is 228 g/mol. The van der Waals surface area contributed by atoms with E-state index in [-0.39, 0.29) is 24.3 Å². The van der Waals surface area contributed by atoms with Crippen molar-refractivity contribution >= 4 is 5.91 Å². The molecule has 0 aromatic rings. The predicted molar refractivity (Wildman–Crippen MR) is 58.2 cm³/mol. The van der Waals surface area contributed by atoms with Gasteiger partial charge in [-0.2, -0.15) is 0 Å². The summed E-state index contributed by atoms with van der Waals surface area (Å²) in [6, 6.07) is -0.764. The van der Waals surface area contributed by atoms with Gasteiger partial charge in [-0.3, -0.25) is 9.69 Å². The van der Waals surface area contributed by atoms with E-state index in [2.05, 4.69) is 5.32 Å². The topological polar surface area (TPSA) is 61.6 Å². The third-order valence-corrected chi connectivity index (χ3v) is 3.16. The molecule has 0 spiro atoms. The van der Waals surface area contributed by atoms with Crippen molar-refractivity contribution in [2.75, 3.05) is 33.2 Å². The SMILES string of the molecule is CN1CCN(C2C(F)=CNCC2N)CC1=O. The molecule has 90 valence electrons. The summed E-state index contributed by atoms with van der Waals surface area (Å²) in [7, 11) is 1.76. The van der Waals surface area contributed by atoms with Gasteiger partial charge in [0, 0.05) is 38.9 Å². The lowest BCUT2D eigenvalue weighted by atomic mass is 10.0. The number of carbonyl (C=O) groups excluding carboxylic acids is 1. The second-order valence-electron chi connectivity index (χ2n) is 4.33. The van der Waals surface area contributed by atoms with E-state index in [1.807, 2.05) is 4.90 Å². The molecular formula is C10H17FN4O. The molecule has 2 atom stereocenters. The average Bonchev–Trinajstić information content (AvgIpc) is 2.23. The van der Waals surface area contributed by atoms with Gasteiger partial charge >= 0.3 is 0 Å². The standard InChI is InChI=1S/C10H17FN4O/c1-14-2-3-15(6-9(14)16)10-7(11)4-13-5-8(10)12/h4,8,10,13H,2-3,5-6,12H2,1H3. The molecule has 2 unspecified atom stereocenters. The summed E-state index contributed by atoms with van der Waals surface area (Å²) >= 11 is 0. The minimum absolute atomic E-state index is 0.0183. The minimum Gasteiger partial charge on any atom is -0.387 e. The molecule has 1 amide bonds. The van der Waals surface area contributed by atoms with Crippen molar-refractivity contribution in [1.82, 2.24) is 15.1 Å². The maximum atomic E-state index is 13.7. The zero-order chi connectivity index (χ0) is 11.7. The fourth-order valence-corrected chi connectivity index (χ4v) is 2.15. The summed E-state index contributed by atoms with van der Waals surface area (Å²) in [6.45, 7) is 2.08. The molecule has 3 N–H and O–H groups in total. The smallest absolute Gasteiger partial charge is 0.236 e. The Morgan fingerprint density at radius 1 is 1.56 bits per heavy atom. The van der Waals surface area contributed by atoms with Crippen LogP contribution in [0.15, 0.2) is 12.0 Å². The molecule has 1 saturated heterocycles. The minimum atomic E-state index is -0.459. The van der Waals surface area contributed by atoms with Crippen LogP contribution in [0.2, 0.25) is 0 Å². The van der Waals surface area contributed by atoms with E-state index < -0.39 is 6.04 Å². The maximum Gasteiger partial charge on any atom is 0.236 e. The van der Waals surface area contributed by atoms with Crippen molar-refractivity contribution in [3.63, 3.8) is 0 Å². The van der Waals surface area contributed by atoms with Gasteiger partial charge < -0.3 is 16.0 Å². The van der Waals surface area contributed by atoms with Crippen LogP contribution in [0.1, 0.15) is 0 Å². The van der Waals surface area contributed by atoms with Crippen LogP contribution in [-0.4, -0.2) is 61.0 Å². The molecule has 1 fully saturated rings. The fourth-order valence-electron chi connectivity index (χ4n) is 2.15. The first-order valence-corrected chi connectivity index (χ1v) is 5.42. The van der Waals surface area contributed by atoms with E-state index in [4.69, 9.17) is 5.73 Å². The second-order valence-corrected chi connectivity index (χ2v) is 4.33. The van der Waals surface area contributed by atoms with Gasteiger partial charge in [-0.05, 0) is 0 Å². The molecule has 0 aliphatic carbocycles. The normalized spacial score (nSPS) is 32.3.